The van der Waals surface area contributed by atoms with Crippen LogP contribution in [0.3, 0.4) is 0 Å². The summed E-state index contributed by atoms with van der Waals surface area (Å²) in [5, 5.41) is 0. The van der Waals surface area contributed by atoms with E-state index in [4.69, 9.17) is 11.5 Å². The standard InChI is InChI=1S/C12H14N4O/c1-5-3-2-4-6-7-8(11(14)15-9(5)6)12(17)16-10(7)13/h5H,2-4H2,1H3,(H2,14,15)(H2,13,16,17). The summed E-state index contributed by atoms with van der Waals surface area (Å²) in [5.41, 5.74) is 14.9. The van der Waals surface area contributed by atoms with Crippen LogP contribution in [0.5, 0.6) is 0 Å². The lowest BCUT2D eigenvalue weighted by Crippen LogP contribution is -2.21. The monoisotopic (exact) mass is 230 g/mol. The SMILES string of the molecule is CC1CCCc2c1nc(N)c1c2C(N)=NC1=O. The molecule has 1 unspecified atom stereocenters. The Morgan fingerprint density at radius 2 is 2.06 bits per heavy atom. The molecule has 0 spiro atoms. The van der Waals surface area contributed by atoms with Crippen molar-refractivity contribution in [1.29, 1.82) is 0 Å². The normalized spacial score (nSPS) is 22.1. The van der Waals surface area contributed by atoms with Gasteiger partial charge in [-0.1, -0.05) is 6.92 Å². The van der Waals surface area contributed by atoms with Gasteiger partial charge in [0.15, 0.2) is 0 Å². The molecule has 88 valence electrons. The third-order valence-corrected chi connectivity index (χ3v) is 3.58. The summed E-state index contributed by atoms with van der Waals surface area (Å²) in [6.07, 6.45) is 3.09. The van der Waals surface area contributed by atoms with Crippen LogP contribution in [-0.2, 0) is 6.42 Å². The highest BCUT2D eigenvalue weighted by molar-refractivity contribution is 6.22. The van der Waals surface area contributed by atoms with E-state index >= 15 is 0 Å². The molecule has 0 aromatic carbocycles. The molecular weight excluding hydrogens is 216 g/mol. The number of carbonyl (C=O) groups excluding carboxylic acids is 1. The highest BCUT2D eigenvalue weighted by Gasteiger charge is 2.32. The second-order valence-corrected chi connectivity index (χ2v) is 4.71. The Morgan fingerprint density at radius 1 is 1.29 bits per heavy atom. The van der Waals surface area contributed by atoms with Gasteiger partial charge in [-0.05, 0) is 30.7 Å². The van der Waals surface area contributed by atoms with Crippen molar-refractivity contribution < 1.29 is 4.79 Å². The van der Waals surface area contributed by atoms with E-state index in [1.165, 1.54) is 0 Å². The fourth-order valence-electron chi connectivity index (χ4n) is 2.76. The van der Waals surface area contributed by atoms with Gasteiger partial charge in [-0.2, -0.15) is 4.99 Å². The largest absolute Gasteiger partial charge is 0.383 e. The minimum Gasteiger partial charge on any atom is -0.383 e. The average Bonchev–Trinajstić information content (AvgIpc) is 2.57. The summed E-state index contributed by atoms with van der Waals surface area (Å²) < 4.78 is 0. The Bertz CT molecular complexity index is 562. The van der Waals surface area contributed by atoms with Crippen molar-refractivity contribution in [2.45, 2.75) is 32.1 Å². The first kappa shape index (κ1) is 10.3. The number of carbonyl (C=O) groups is 1. The van der Waals surface area contributed by atoms with E-state index in [1.54, 1.807) is 0 Å². The molecule has 1 aromatic rings. The Hall–Kier alpha value is -1.91. The number of fused-ring (bicyclic) bond motifs is 3. The van der Waals surface area contributed by atoms with Gasteiger partial charge in [0.05, 0.1) is 5.56 Å². The van der Waals surface area contributed by atoms with E-state index in [9.17, 15) is 4.79 Å². The van der Waals surface area contributed by atoms with Gasteiger partial charge in [0.2, 0.25) is 0 Å². The third kappa shape index (κ3) is 1.28. The van der Waals surface area contributed by atoms with Crippen LogP contribution in [0.4, 0.5) is 5.82 Å². The Morgan fingerprint density at radius 3 is 2.82 bits per heavy atom. The number of nitrogen functional groups attached to an aromatic ring is 1. The maximum absolute atomic E-state index is 11.7. The van der Waals surface area contributed by atoms with Crippen molar-refractivity contribution in [2.75, 3.05) is 5.73 Å². The van der Waals surface area contributed by atoms with Crippen LogP contribution in [0.15, 0.2) is 4.99 Å². The zero-order chi connectivity index (χ0) is 12.2. The number of hydrogen-bond donors (Lipinski definition) is 2. The van der Waals surface area contributed by atoms with Crippen LogP contribution in [0, 0.1) is 0 Å². The van der Waals surface area contributed by atoms with Crippen LogP contribution < -0.4 is 11.5 Å². The quantitative estimate of drug-likeness (QED) is 0.694. The lowest BCUT2D eigenvalue weighted by molar-refractivity contribution is 0.101. The fraction of sp³-hybridized carbons (Fsp3) is 0.417. The van der Waals surface area contributed by atoms with Crippen molar-refractivity contribution in [3.63, 3.8) is 0 Å². The summed E-state index contributed by atoms with van der Waals surface area (Å²) in [4.78, 5) is 19.8. The maximum atomic E-state index is 11.7. The van der Waals surface area contributed by atoms with Crippen molar-refractivity contribution >= 4 is 17.6 Å². The molecule has 5 heteroatoms. The summed E-state index contributed by atoms with van der Waals surface area (Å²) in [6.45, 7) is 2.13. The number of rotatable bonds is 0. The minimum atomic E-state index is -0.358. The van der Waals surface area contributed by atoms with Crippen LogP contribution in [-0.4, -0.2) is 16.7 Å². The van der Waals surface area contributed by atoms with Gasteiger partial charge >= 0.3 is 0 Å². The van der Waals surface area contributed by atoms with Crippen LogP contribution in [0.1, 0.15) is 52.9 Å². The van der Waals surface area contributed by atoms with Crippen LogP contribution >= 0.6 is 0 Å². The van der Waals surface area contributed by atoms with Gasteiger partial charge in [-0.25, -0.2) is 4.98 Å². The molecule has 0 bridgehead atoms. The van der Waals surface area contributed by atoms with Crippen LogP contribution in [0.2, 0.25) is 0 Å². The third-order valence-electron chi connectivity index (χ3n) is 3.58. The van der Waals surface area contributed by atoms with E-state index in [2.05, 4.69) is 16.9 Å². The lowest BCUT2D eigenvalue weighted by atomic mass is 9.84. The molecular formula is C12H14N4O. The molecule has 1 amide bonds. The van der Waals surface area contributed by atoms with Crippen molar-refractivity contribution in [3.8, 4) is 0 Å². The van der Waals surface area contributed by atoms with E-state index in [0.29, 0.717) is 17.3 Å². The van der Waals surface area contributed by atoms with E-state index in [1.807, 2.05) is 0 Å². The van der Waals surface area contributed by atoms with Gasteiger partial charge in [0.25, 0.3) is 5.91 Å². The number of aliphatic imine (C=N–C) groups is 1. The van der Waals surface area contributed by atoms with Gasteiger partial charge in [-0.3, -0.25) is 4.79 Å². The lowest BCUT2D eigenvalue weighted by Gasteiger charge is -2.24. The van der Waals surface area contributed by atoms with Crippen LogP contribution in [0.25, 0.3) is 0 Å². The molecule has 4 N–H and O–H groups in total. The second kappa shape index (κ2) is 3.29. The van der Waals surface area contributed by atoms with Crippen molar-refractivity contribution in [2.24, 2.45) is 10.7 Å². The molecule has 0 fully saturated rings. The fourth-order valence-corrected chi connectivity index (χ4v) is 2.76. The first-order chi connectivity index (χ1) is 8.09. The molecule has 0 radical (unpaired) electrons. The number of pyridine rings is 1. The molecule has 1 atom stereocenters. The van der Waals surface area contributed by atoms with E-state index in [0.717, 1.165) is 36.1 Å². The van der Waals surface area contributed by atoms with Gasteiger partial charge in [0.1, 0.15) is 11.7 Å². The number of amidine groups is 1. The summed E-state index contributed by atoms with van der Waals surface area (Å²) in [5.74, 6) is 0.574. The average molecular weight is 230 g/mol. The number of hydrogen-bond acceptors (Lipinski definition) is 4. The summed E-state index contributed by atoms with van der Waals surface area (Å²) >= 11 is 0. The van der Waals surface area contributed by atoms with Gasteiger partial charge in [0, 0.05) is 11.3 Å². The molecule has 1 aliphatic carbocycles. The van der Waals surface area contributed by atoms with Crippen molar-refractivity contribution in [1.82, 2.24) is 4.98 Å². The topological polar surface area (TPSA) is 94.4 Å². The summed E-state index contributed by atoms with van der Waals surface area (Å²) in [6, 6.07) is 0. The smallest absolute Gasteiger partial charge is 0.283 e. The molecule has 0 saturated carbocycles. The molecule has 0 saturated heterocycles. The highest BCUT2D eigenvalue weighted by Crippen LogP contribution is 2.36. The number of amides is 1. The zero-order valence-corrected chi connectivity index (χ0v) is 9.66. The zero-order valence-electron chi connectivity index (χ0n) is 9.66. The van der Waals surface area contributed by atoms with E-state index in [-0.39, 0.29) is 11.7 Å². The van der Waals surface area contributed by atoms with Crippen molar-refractivity contribution in [3.05, 3.63) is 22.4 Å². The van der Waals surface area contributed by atoms with Gasteiger partial charge < -0.3 is 11.5 Å². The number of nitrogens with two attached hydrogens (primary N) is 2. The maximum Gasteiger partial charge on any atom is 0.283 e. The Balaban J connectivity index is 2.34. The highest BCUT2D eigenvalue weighted by atomic mass is 16.1. The number of aromatic nitrogens is 1. The second-order valence-electron chi connectivity index (χ2n) is 4.71. The number of anilines is 1. The Kier molecular flexibility index (Phi) is 1.98. The predicted molar refractivity (Wildman–Crippen MR) is 65.1 cm³/mol. The predicted octanol–water partition coefficient (Wildman–Crippen LogP) is 0.963. The minimum absolute atomic E-state index is 0.265. The van der Waals surface area contributed by atoms with Gasteiger partial charge in [-0.15, -0.1) is 0 Å². The molecule has 2 aliphatic rings. The Labute approximate surface area is 98.9 Å². The molecule has 3 rings (SSSR count). The molecule has 17 heavy (non-hydrogen) atoms. The number of nitrogens with zero attached hydrogens (tertiary/aromatic N) is 2. The first-order valence-electron chi connectivity index (χ1n) is 5.80. The summed E-state index contributed by atoms with van der Waals surface area (Å²) in [7, 11) is 0. The molecule has 5 nitrogen and oxygen atoms in total. The van der Waals surface area contributed by atoms with E-state index < -0.39 is 0 Å². The molecule has 1 aromatic heterocycles. The molecule has 2 heterocycles. The first-order valence-corrected chi connectivity index (χ1v) is 5.80. The molecule has 1 aliphatic heterocycles.